The average molecular weight is 388 g/mol. The zero-order valence-electron chi connectivity index (χ0n) is 15.6. The van der Waals surface area contributed by atoms with E-state index < -0.39 is 0 Å². The summed E-state index contributed by atoms with van der Waals surface area (Å²) >= 11 is 6.02. The predicted octanol–water partition coefficient (Wildman–Crippen LogP) is 2.64. The molecule has 0 saturated carbocycles. The number of amides is 1. The molecule has 3 unspecified atom stereocenters. The quantitative estimate of drug-likeness (QED) is 0.846. The normalized spacial score (nSPS) is 26.2. The number of hydrogen-bond acceptors (Lipinski definition) is 4. The Morgan fingerprint density at radius 3 is 2.81 bits per heavy atom. The maximum Gasteiger partial charge on any atom is 0.272 e. The van der Waals surface area contributed by atoms with E-state index in [0.29, 0.717) is 11.7 Å². The van der Waals surface area contributed by atoms with Crippen LogP contribution in [0.5, 0.6) is 0 Å². The van der Waals surface area contributed by atoms with Crippen molar-refractivity contribution in [2.75, 3.05) is 26.7 Å². The van der Waals surface area contributed by atoms with Gasteiger partial charge in [-0.15, -0.1) is 0 Å². The molecular formula is C20H26ClN5O. The molecule has 0 aliphatic carbocycles. The minimum absolute atomic E-state index is 0.0603. The van der Waals surface area contributed by atoms with E-state index in [2.05, 4.69) is 27.7 Å². The summed E-state index contributed by atoms with van der Waals surface area (Å²) in [7, 11) is 2.09. The molecule has 7 heteroatoms. The van der Waals surface area contributed by atoms with Crippen LogP contribution in [-0.4, -0.2) is 53.3 Å². The molecule has 6 nitrogen and oxygen atoms in total. The molecule has 0 bridgehead atoms. The summed E-state index contributed by atoms with van der Waals surface area (Å²) in [6.45, 7) is 2.92. The molecule has 0 spiro atoms. The Balaban J connectivity index is 1.45. The highest BCUT2D eigenvalue weighted by molar-refractivity contribution is 6.30. The minimum atomic E-state index is -0.100. The largest absolute Gasteiger partial charge is 0.346 e. The van der Waals surface area contributed by atoms with Gasteiger partial charge in [0.15, 0.2) is 0 Å². The van der Waals surface area contributed by atoms with E-state index in [1.165, 1.54) is 5.56 Å². The van der Waals surface area contributed by atoms with Gasteiger partial charge < -0.3 is 10.6 Å². The van der Waals surface area contributed by atoms with Crippen LogP contribution in [0.15, 0.2) is 36.5 Å². The molecule has 3 heterocycles. The van der Waals surface area contributed by atoms with E-state index in [1.54, 1.807) is 0 Å². The Kier molecular flexibility index (Phi) is 5.48. The third-order valence-electron chi connectivity index (χ3n) is 5.66. The molecule has 1 amide bonds. The second-order valence-electron chi connectivity index (χ2n) is 7.53. The predicted molar refractivity (Wildman–Crippen MR) is 106 cm³/mol. The van der Waals surface area contributed by atoms with Crippen molar-refractivity contribution in [3.05, 3.63) is 52.8 Å². The van der Waals surface area contributed by atoms with Crippen molar-refractivity contribution in [1.82, 2.24) is 25.3 Å². The molecule has 1 aromatic heterocycles. The second kappa shape index (κ2) is 8.00. The summed E-state index contributed by atoms with van der Waals surface area (Å²) in [5, 5.41) is 11.8. The molecule has 2 aromatic rings. The van der Waals surface area contributed by atoms with E-state index in [-0.39, 0.29) is 18.0 Å². The summed E-state index contributed by atoms with van der Waals surface area (Å²) in [4.78, 5) is 15.1. The molecule has 2 fully saturated rings. The Bertz CT molecular complexity index is 784. The molecule has 144 valence electrons. The van der Waals surface area contributed by atoms with Gasteiger partial charge in [0.2, 0.25) is 0 Å². The maximum absolute atomic E-state index is 12.8. The van der Waals surface area contributed by atoms with Crippen LogP contribution in [0, 0.1) is 0 Å². The Morgan fingerprint density at radius 2 is 2.07 bits per heavy atom. The fourth-order valence-corrected chi connectivity index (χ4v) is 4.33. The van der Waals surface area contributed by atoms with Crippen LogP contribution in [0.2, 0.25) is 5.02 Å². The van der Waals surface area contributed by atoms with E-state index in [1.807, 2.05) is 41.2 Å². The molecule has 1 aromatic carbocycles. The van der Waals surface area contributed by atoms with Crippen molar-refractivity contribution >= 4 is 17.5 Å². The third-order valence-corrected chi connectivity index (χ3v) is 5.91. The van der Waals surface area contributed by atoms with Crippen molar-refractivity contribution in [1.29, 1.82) is 0 Å². The average Bonchev–Trinajstić information content (AvgIpc) is 3.31. The molecule has 4 rings (SSSR count). The number of halogens is 1. The number of carbonyl (C=O) groups excluding carboxylic acids is 1. The zero-order valence-corrected chi connectivity index (χ0v) is 16.3. The van der Waals surface area contributed by atoms with Crippen molar-refractivity contribution in [3.8, 4) is 0 Å². The first kappa shape index (κ1) is 18.5. The highest BCUT2D eigenvalue weighted by atomic mass is 35.5. The highest BCUT2D eigenvalue weighted by Crippen LogP contribution is 2.31. The monoisotopic (exact) mass is 387 g/mol. The summed E-state index contributed by atoms with van der Waals surface area (Å²) in [6, 6.07) is 10.3. The van der Waals surface area contributed by atoms with Gasteiger partial charge in [0.25, 0.3) is 5.91 Å². The Morgan fingerprint density at radius 1 is 1.26 bits per heavy atom. The number of likely N-dealkylation sites (N-methyl/N-ethyl adjacent to an activating group) is 1. The number of nitrogens with zero attached hydrogens (tertiary/aromatic N) is 3. The van der Waals surface area contributed by atoms with Gasteiger partial charge in [0.1, 0.15) is 5.69 Å². The maximum atomic E-state index is 12.8. The number of rotatable bonds is 4. The van der Waals surface area contributed by atoms with Crippen LogP contribution in [0.4, 0.5) is 0 Å². The lowest BCUT2D eigenvalue weighted by Gasteiger charge is -2.26. The molecule has 2 aliphatic rings. The van der Waals surface area contributed by atoms with Crippen LogP contribution in [0.25, 0.3) is 0 Å². The molecule has 3 atom stereocenters. The Hall–Kier alpha value is -1.89. The van der Waals surface area contributed by atoms with E-state index >= 15 is 0 Å². The number of hydrogen-bond donors (Lipinski definition) is 2. The van der Waals surface area contributed by atoms with Crippen LogP contribution in [0.3, 0.4) is 0 Å². The van der Waals surface area contributed by atoms with Crippen molar-refractivity contribution in [3.63, 3.8) is 0 Å². The van der Waals surface area contributed by atoms with Gasteiger partial charge in [-0.3, -0.25) is 14.4 Å². The van der Waals surface area contributed by atoms with E-state index in [0.717, 1.165) is 43.9 Å². The number of benzene rings is 1. The number of piperidine rings is 1. The molecule has 2 saturated heterocycles. The van der Waals surface area contributed by atoms with Crippen molar-refractivity contribution in [2.24, 2.45) is 0 Å². The van der Waals surface area contributed by atoms with Crippen molar-refractivity contribution < 1.29 is 4.79 Å². The minimum Gasteiger partial charge on any atom is -0.346 e. The summed E-state index contributed by atoms with van der Waals surface area (Å²) < 4.78 is 1.93. The lowest BCUT2D eigenvalue weighted by Crippen LogP contribution is -2.39. The standard InChI is InChI=1S/C20H26ClN5O/c1-25-11-8-17(19(25)14-4-6-15(21)7-5-14)23-20(27)18-9-12-26(24-18)16-3-2-10-22-13-16/h4-7,9,12,16-17,19,22H,2-3,8,10-11,13H2,1H3,(H,23,27). The van der Waals surface area contributed by atoms with Gasteiger partial charge in [0.05, 0.1) is 18.1 Å². The van der Waals surface area contributed by atoms with Gasteiger partial charge in [-0.25, -0.2) is 0 Å². The highest BCUT2D eigenvalue weighted by Gasteiger charge is 2.34. The smallest absolute Gasteiger partial charge is 0.272 e. The summed E-state index contributed by atoms with van der Waals surface area (Å²) in [5.74, 6) is -0.100. The summed E-state index contributed by atoms with van der Waals surface area (Å²) in [5.41, 5.74) is 1.66. The second-order valence-corrected chi connectivity index (χ2v) is 7.96. The van der Waals surface area contributed by atoms with Gasteiger partial charge in [0, 0.05) is 24.3 Å². The van der Waals surface area contributed by atoms with Gasteiger partial charge in [-0.2, -0.15) is 5.10 Å². The molecular weight excluding hydrogens is 362 g/mol. The van der Waals surface area contributed by atoms with Crippen LogP contribution in [0.1, 0.15) is 47.4 Å². The van der Waals surface area contributed by atoms with E-state index in [4.69, 9.17) is 11.6 Å². The molecule has 27 heavy (non-hydrogen) atoms. The SMILES string of the molecule is CN1CCC(NC(=O)c2ccn(C3CCCNC3)n2)C1c1ccc(Cl)cc1. The lowest BCUT2D eigenvalue weighted by molar-refractivity contribution is 0.0921. The van der Waals surface area contributed by atoms with E-state index in [9.17, 15) is 4.79 Å². The third kappa shape index (κ3) is 4.03. The number of nitrogens with one attached hydrogen (secondary N) is 2. The van der Waals surface area contributed by atoms with Crippen LogP contribution in [-0.2, 0) is 0 Å². The molecule has 0 radical (unpaired) electrons. The van der Waals surface area contributed by atoms with Crippen LogP contribution >= 0.6 is 11.6 Å². The molecule has 2 aliphatic heterocycles. The van der Waals surface area contributed by atoms with Crippen molar-refractivity contribution in [2.45, 2.75) is 37.4 Å². The first-order valence-electron chi connectivity index (χ1n) is 9.64. The Labute approximate surface area is 164 Å². The molecule has 2 N–H and O–H groups in total. The van der Waals surface area contributed by atoms with Gasteiger partial charge in [-0.05, 0) is 56.6 Å². The van der Waals surface area contributed by atoms with Gasteiger partial charge in [-0.1, -0.05) is 23.7 Å². The fourth-order valence-electron chi connectivity index (χ4n) is 4.21. The number of carbonyl (C=O) groups is 1. The topological polar surface area (TPSA) is 62.2 Å². The van der Waals surface area contributed by atoms with Gasteiger partial charge >= 0.3 is 0 Å². The summed E-state index contributed by atoms with van der Waals surface area (Å²) in [6.07, 6.45) is 5.08. The lowest BCUT2D eigenvalue weighted by atomic mass is 10.00. The number of aromatic nitrogens is 2. The zero-order chi connectivity index (χ0) is 18.8. The fraction of sp³-hybridized carbons (Fsp3) is 0.500. The first-order valence-corrected chi connectivity index (χ1v) is 10.0. The van der Waals surface area contributed by atoms with Crippen LogP contribution < -0.4 is 10.6 Å². The number of likely N-dealkylation sites (tertiary alicyclic amines) is 1. The first-order chi connectivity index (χ1) is 13.1.